The van der Waals surface area contributed by atoms with E-state index in [0.717, 1.165) is 11.3 Å². The molecule has 2 aromatic rings. The zero-order chi connectivity index (χ0) is 21.4. The molecule has 158 valence electrons. The molecule has 2 rings (SSSR count). The topological polar surface area (TPSA) is 50.8 Å². The Morgan fingerprint density at radius 3 is 2.52 bits per heavy atom. The van der Waals surface area contributed by atoms with E-state index in [1.807, 2.05) is 43.3 Å². The number of hydrogen-bond acceptors (Lipinski definition) is 4. The van der Waals surface area contributed by atoms with Gasteiger partial charge in [-0.25, -0.2) is 0 Å². The molecule has 0 bridgehead atoms. The molecule has 0 aromatic heterocycles. The van der Waals surface area contributed by atoms with Crippen LogP contribution in [0.3, 0.4) is 0 Å². The Morgan fingerprint density at radius 2 is 1.86 bits per heavy atom. The molecule has 0 heterocycles. The summed E-state index contributed by atoms with van der Waals surface area (Å²) in [5, 5.41) is 2.85. The monoisotopic (exact) mass is 410 g/mol. The number of para-hydroxylation sites is 1. The van der Waals surface area contributed by atoms with Crippen molar-refractivity contribution in [2.45, 2.75) is 25.2 Å². The first-order valence-electron chi connectivity index (χ1n) is 9.10. The maximum atomic E-state index is 12.5. The number of likely N-dealkylation sites (N-methyl/N-ethyl adjacent to an activating group) is 1. The molecule has 8 heteroatoms. The second-order valence-corrected chi connectivity index (χ2v) is 6.72. The van der Waals surface area contributed by atoms with Crippen LogP contribution in [0.25, 0.3) is 0 Å². The van der Waals surface area contributed by atoms with Gasteiger partial charge in [-0.3, -0.25) is 4.79 Å². The van der Waals surface area contributed by atoms with Gasteiger partial charge in [-0.1, -0.05) is 30.3 Å². The second kappa shape index (κ2) is 10.2. The van der Waals surface area contributed by atoms with E-state index < -0.39 is 6.36 Å². The average molecular weight is 410 g/mol. The lowest BCUT2D eigenvalue weighted by Crippen LogP contribution is -2.34. The number of amides is 1. The molecular weight excluding hydrogens is 385 g/mol. The molecule has 0 saturated carbocycles. The van der Waals surface area contributed by atoms with Crippen LogP contribution in [0.4, 0.5) is 13.2 Å². The number of carbonyl (C=O) groups is 1. The predicted octanol–water partition coefficient (Wildman–Crippen LogP) is 3.95. The largest absolute Gasteiger partial charge is 0.573 e. The number of nitrogens with one attached hydrogen (secondary N) is 1. The maximum absolute atomic E-state index is 12.5. The maximum Gasteiger partial charge on any atom is 0.573 e. The van der Waals surface area contributed by atoms with Crippen LogP contribution in [0.15, 0.2) is 48.5 Å². The van der Waals surface area contributed by atoms with Gasteiger partial charge in [0.25, 0.3) is 0 Å². The van der Waals surface area contributed by atoms with Crippen molar-refractivity contribution in [2.24, 2.45) is 0 Å². The van der Waals surface area contributed by atoms with E-state index in [4.69, 9.17) is 4.74 Å². The van der Waals surface area contributed by atoms with Gasteiger partial charge in [0, 0.05) is 13.0 Å². The summed E-state index contributed by atoms with van der Waals surface area (Å²) in [7, 11) is 5.40. The van der Waals surface area contributed by atoms with Crippen molar-refractivity contribution in [3.8, 4) is 11.5 Å². The summed E-state index contributed by atoms with van der Waals surface area (Å²) in [6.07, 6.45) is -4.57. The van der Waals surface area contributed by atoms with Crippen LogP contribution in [0.2, 0.25) is 0 Å². The molecule has 0 saturated heterocycles. The predicted molar refractivity (Wildman–Crippen MR) is 104 cm³/mol. The summed E-state index contributed by atoms with van der Waals surface area (Å²) in [6, 6.07) is 13.3. The van der Waals surface area contributed by atoms with E-state index in [2.05, 4.69) is 10.1 Å². The number of aryl methyl sites for hydroxylation is 1. The van der Waals surface area contributed by atoms with Gasteiger partial charge in [-0.05, 0) is 49.8 Å². The minimum absolute atomic E-state index is 0.0521. The summed E-state index contributed by atoms with van der Waals surface area (Å²) < 4.78 is 46.8. The molecule has 0 aliphatic rings. The van der Waals surface area contributed by atoms with Gasteiger partial charge in [0.2, 0.25) is 5.91 Å². The van der Waals surface area contributed by atoms with Crippen LogP contribution in [-0.4, -0.2) is 44.9 Å². The number of rotatable bonds is 9. The molecule has 0 radical (unpaired) electrons. The number of carbonyl (C=O) groups excluding carboxylic acids is 1. The molecule has 1 amide bonds. The summed E-state index contributed by atoms with van der Waals surface area (Å²) in [6.45, 7) is 0.361. The van der Waals surface area contributed by atoms with E-state index in [1.54, 1.807) is 13.2 Å². The summed E-state index contributed by atoms with van der Waals surface area (Å²) in [5.41, 5.74) is 1.32. The van der Waals surface area contributed by atoms with E-state index in [0.29, 0.717) is 12.1 Å². The highest BCUT2D eigenvalue weighted by Crippen LogP contribution is 2.27. The lowest BCUT2D eigenvalue weighted by atomic mass is 10.0. The number of methoxy groups -OCH3 is 1. The SMILES string of the molecule is COc1cccc(C(CNC(=O)CCc2ccccc2OC(F)(F)F)N(C)C)c1. The van der Waals surface area contributed by atoms with Crippen LogP contribution in [0.1, 0.15) is 23.6 Å². The lowest BCUT2D eigenvalue weighted by Gasteiger charge is -2.25. The minimum Gasteiger partial charge on any atom is -0.497 e. The number of halogens is 3. The van der Waals surface area contributed by atoms with E-state index in [1.165, 1.54) is 18.2 Å². The number of hydrogen-bond donors (Lipinski definition) is 1. The number of ether oxygens (including phenoxy) is 2. The summed E-state index contributed by atoms with van der Waals surface area (Å²) in [5.74, 6) is 0.193. The molecule has 0 aliphatic carbocycles. The second-order valence-electron chi connectivity index (χ2n) is 6.72. The highest BCUT2D eigenvalue weighted by molar-refractivity contribution is 5.76. The van der Waals surface area contributed by atoms with Gasteiger partial charge in [0.05, 0.1) is 13.2 Å². The third-order valence-electron chi connectivity index (χ3n) is 4.41. The van der Waals surface area contributed by atoms with Gasteiger partial charge < -0.3 is 19.7 Å². The number of benzene rings is 2. The first-order chi connectivity index (χ1) is 13.7. The fraction of sp³-hybridized carbons (Fsp3) is 0.381. The van der Waals surface area contributed by atoms with Crippen LogP contribution in [0.5, 0.6) is 11.5 Å². The third kappa shape index (κ3) is 7.30. The molecule has 0 fully saturated rings. The van der Waals surface area contributed by atoms with Crippen LogP contribution in [-0.2, 0) is 11.2 Å². The molecule has 1 N–H and O–H groups in total. The first-order valence-corrected chi connectivity index (χ1v) is 9.10. The molecule has 2 aromatic carbocycles. The Kier molecular flexibility index (Phi) is 7.90. The zero-order valence-electron chi connectivity index (χ0n) is 16.6. The van der Waals surface area contributed by atoms with E-state index >= 15 is 0 Å². The molecule has 5 nitrogen and oxygen atoms in total. The Hall–Kier alpha value is -2.74. The Balaban J connectivity index is 1.95. The van der Waals surface area contributed by atoms with Crippen LogP contribution >= 0.6 is 0 Å². The fourth-order valence-electron chi connectivity index (χ4n) is 2.93. The Bertz CT molecular complexity index is 810. The van der Waals surface area contributed by atoms with Crippen molar-refractivity contribution in [3.63, 3.8) is 0 Å². The Labute approximate surface area is 168 Å². The summed E-state index contributed by atoms with van der Waals surface area (Å²) >= 11 is 0. The fourth-order valence-corrected chi connectivity index (χ4v) is 2.93. The lowest BCUT2D eigenvalue weighted by molar-refractivity contribution is -0.274. The standard InChI is InChI=1S/C21H25F3N2O3/c1-26(2)18(16-8-6-9-17(13-16)28-3)14-25-20(27)12-11-15-7-4-5-10-19(15)29-21(22,23)24/h4-10,13,18H,11-12,14H2,1-3H3,(H,25,27). The van der Waals surface area contributed by atoms with Crippen molar-refractivity contribution in [1.82, 2.24) is 10.2 Å². The normalized spacial score (nSPS) is 12.5. The molecule has 29 heavy (non-hydrogen) atoms. The number of nitrogens with zero attached hydrogens (tertiary/aromatic N) is 1. The van der Waals surface area contributed by atoms with Gasteiger partial charge in [0.15, 0.2) is 0 Å². The van der Waals surface area contributed by atoms with Gasteiger partial charge in [-0.15, -0.1) is 13.2 Å². The highest BCUT2D eigenvalue weighted by Gasteiger charge is 2.32. The quantitative estimate of drug-likeness (QED) is 0.680. The van der Waals surface area contributed by atoms with Gasteiger partial charge >= 0.3 is 6.36 Å². The molecule has 1 atom stereocenters. The zero-order valence-corrected chi connectivity index (χ0v) is 16.6. The van der Waals surface area contributed by atoms with Crippen molar-refractivity contribution < 1.29 is 27.4 Å². The third-order valence-corrected chi connectivity index (χ3v) is 4.41. The Morgan fingerprint density at radius 1 is 1.14 bits per heavy atom. The molecule has 0 spiro atoms. The summed E-state index contributed by atoms with van der Waals surface area (Å²) in [4.78, 5) is 14.3. The molecule has 0 aliphatic heterocycles. The van der Waals surface area contributed by atoms with Crippen molar-refractivity contribution in [2.75, 3.05) is 27.7 Å². The highest BCUT2D eigenvalue weighted by atomic mass is 19.4. The van der Waals surface area contributed by atoms with E-state index in [9.17, 15) is 18.0 Å². The van der Waals surface area contributed by atoms with Crippen LogP contribution in [0, 0.1) is 0 Å². The first kappa shape index (κ1) is 22.5. The minimum atomic E-state index is -4.77. The van der Waals surface area contributed by atoms with E-state index in [-0.39, 0.29) is 30.5 Å². The van der Waals surface area contributed by atoms with Gasteiger partial charge in [0.1, 0.15) is 11.5 Å². The van der Waals surface area contributed by atoms with Crippen molar-refractivity contribution in [1.29, 1.82) is 0 Å². The molecular formula is C21H25F3N2O3. The van der Waals surface area contributed by atoms with Gasteiger partial charge in [-0.2, -0.15) is 0 Å². The van der Waals surface area contributed by atoms with Crippen LogP contribution < -0.4 is 14.8 Å². The van der Waals surface area contributed by atoms with Crippen molar-refractivity contribution >= 4 is 5.91 Å². The number of alkyl halides is 3. The average Bonchev–Trinajstić information content (AvgIpc) is 2.66. The van der Waals surface area contributed by atoms with Crippen molar-refractivity contribution in [3.05, 3.63) is 59.7 Å². The smallest absolute Gasteiger partial charge is 0.497 e. The molecule has 1 unspecified atom stereocenters.